The first kappa shape index (κ1) is 11.9. The van der Waals surface area contributed by atoms with Crippen LogP contribution in [0.5, 0.6) is 0 Å². The summed E-state index contributed by atoms with van der Waals surface area (Å²) in [6.45, 7) is 4.23. The molecule has 1 atom stereocenters. The lowest BCUT2D eigenvalue weighted by atomic mass is 9.88. The quantitative estimate of drug-likeness (QED) is 0.707. The van der Waals surface area contributed by atoms with E-state index >= 15 is 0 Å². The Morgan fingerprint density at radius 2 is 1.84 bits per heavy atom. The van der Waals surface area contributed by atoms with Crippen LogP contribution in [0.2, 0.25) is 0 Å². The summed E-state index contributed by atoms with van der Waals surface area (Å²) < 4.78 is 0. The summed E-state index contributed by atoms with van der Waals surface area (Å²) in [6, 6.07) is 12.2. The van der Waals surface area contributed by atoms with Crippen molar-refractivity contribution < 1.29 is 4.79 Å². The molecular formula is C18H16O. The van der Waals surface area contributed by atoms with Crippen molar-refractivity contribution in [1.82, 2.24) is 0 Å². The highest BCUT2D eigenvalue weighted by Gasteiger charge is 2.20. The molecule has 1 aliphatic rings. The third-order valence-corrected chi connectivity index (χ3v) is 3.83. The number of allylic oxidation sites excluding steroid dienone is 4. The summed E-state index contributed by atoms with van der Waals surface area (Å²) in [5.41, 5.74) is 4.50. The summed E-state index contributed by atoms with van der Waals surface area (Å²) in [5, 5.41) is 2.16. The predicted molar refractivity (Wildman–Crippen MR) is 79.6 cm³/mol. The molecule has 1 aliphatic carbocycles. The number of carbonyl (C=O) groups is 1. The Hall–Kier alpha value is -2.15. The molecule has 0 heterocycles. The van der Waals surface area contributed by atoms with Crippen molar-refractivity contribution in [2.45, 2.75) is 19.8 Å². The minimum atomic E-state index is 0.241. The van der Waals surface area contributed by atoms with Crippen LogP contribution in [0, 0.1) is 0 Å². The van der Waals surface area contributed by atoms with Crippen molar-refractivity contribution in [3.8, 4) is 0 Å². The lowest BCUT2D eigenvalue weighted by Gasteiger charge is -2.15. The van der Waals surface area contributed by atoms with Gasteiger partial charge in [-0.3, -0.25) is 4.79 Å². The van der Waals surface area contributed by atoms with Crippen molar-refractivity contribution in [3.63, 3.8) is 0 Å². The van der Waals surface area contributed by atoms with Gasteiger partial charge in [0.25, 0.3) is 0 Å². The van der Waals surface area contributed by atoms with Crippen molar-refractivity contribution in [2.24, 2.45) is 0 Å². The van der Waals surface area contributed by atoms with Crippen molar-refractivity contribution in [3.05, 3.63) is 70.8 Å². The second-order valence-corrected chi connectivity index (χ2v) is 5.18. The fourth-order valence-electron chi connectivity index (χ4n) is 2.94. The topological polar surface area (TPSA) is 17.1 Å². The molecule has 2 aromatic carbocycles. The standard InChI is InChI=1S/C18H16O/c1-12-9-13(2)17(10-12)16-8-7-14-5-3-4-6-15(14)18(16)11-19/h3-11,17H,1-2H3. The zero-order valence-corrected chi connectivity index (χ0v) is 11.2. The zero-order valence-electron chi connectivity index (χ0n) is 11.2. The molecule has 1 heteroatoms. The maximum Gasteiger partial charge on any atom is 0.150 e. The molecule has 0 N–H and O–H groups in total. The van der Waals surface area contributed by atoms with E-state index in [1.807, 2.05) is 24.3 Å². The summed E-state index contributed by atoms with van der Waals surface area (Å²) in [4.78, 5) is 11.5. The number of carbonyl (C=O) groups excluding carboxylic acids is 1. The lowest BCUT2D eigenvalue weighted by molar-refractivity contribution is 0.112. The molecule has 0 spiro atoms. The van der Waals surface area contributed by atoms with Gasteiger partial charge in [0.1, 0.15) is 0 Å². The predicted octanol–water partition coefficient (Wildman–Crippen LogP) is 4.64. The Labute approximate surface area is 113 Å². The summed E-state index contributed by atoms with van der Waals surface area (Å²) in [5.74, 6) is 0.241. The summed E-state index contributed by atoms with van der Waals surface area (Å²) in [6.07, 6.45) is 5.41. The molecule has 1 unspecified atom stereocenters. The van der Waals surface area contributed by atoms with Crippen molar-refractivity contribution in [2.75, 3.05) is 0 Å². The van der Waals surface area contributed by atoms with E-state index in [0.29, 0.717) is 0 Å². The average Bonchev–Trinajstić information content (AvgIpc) is 2.76. The third kappa shape index (κ3) is 1.91. The van der Waals surface area contributed by atoms with E-state index in [0.717, 1.165) is 28.2 Å². The molecule has 94 valence electrons. The first-order valence-electron chi connectivity index (χ1n) is 6.54. The van der Waals surface area contributed by atoms with E-state index < -0.39 is 0 Å². The molecule has 0 aromatic heterocycles. The molecule has 2 aromatic rings. The molecule has 1 nitrogen and oxygen atoms in total. The van der Waals surface area contributed by atoms with Gasteiger partial charge in [-0.25, -0.2) is 0 Å². The van der Waals surface area contributed by atoms with Gasteiger partial charge in [0, 0.05) is 11.5 Å². The molecule has 0 radical (unpaired) electrons. The fourth-order valence-corrected chi connectivity index (χ4v) is 2.94. The molecular weight excluding hydrogens is 232 g/mol. The summed E-state index contributed by atoms with van der Waals surface area (Å²) >= 11 is 0. The Bertz CT molecular complexity index is 720. The van der Waals surface area contributed by atoms with Gasteiger partial charge in [-0.1, -0.05) is 59.7 Å². The molecule has 3 rings (SSSR count). The highest BCUT2D eigenvalue weighted by molar-refractivity contribution is 6.00. The van der Waals surface area contributed by atoms with E-state index in [1.54, 1.807) is 0 Å². The van der Waals surface area contributed by atoms with Crippen LogP contribution in [0.4, 0.5) is 0 Å². The van der Waals surface area contributed by atoms with Crippen LogP contribution < -0.4 is 0 Å². The minimum absolute atomic E-state index is 0.241. The zero-order chi connectivity index (χ0) is 13.4. The van der Waals surface area contributed by atoms with Crippen LogP contribution in [-0.2, 0) is 0 Å². The molecule has 0 fully saturated rings. The smallest absolute Gasteiger partial charge is 0.150 e. The van der Waals surface area contributed by atoms with E-state index in [9.17, 15) is 4.79 Å². The average molecular weight is 248 g/mol. The first-order valence-corrected chi connectivity index (χ1v) is 6.54. The van der Waals surface area contributed by atoms with Gasteiger partial charge in [0.15, 0.2) is 6.29 Å². The maximum atomic E-state index is 11.5. The van der Waals surface area contributed by atoms with Crippen LogP contribution in [0.3, 0.4) is 0 Å². The van der Waals surface area contributed by atoms with Gasteiger partial charge in [0.05, 0.1) is 0 Å². The minimum Gasteiger partial charge on any atom is -0.298 e. The van der Waals surface area contributed by atoms with Gasteiger partial charge in [-0.05, 0) is 30.2 Å². The Morgan fingerprint density at radius 3 is 2.53 bits per heavy atom. The molecule has 0 aliphatic heterocycles. The highest BCUT2D eigenvalue weighted by atomic mass is 16.1. The number of hydrogen-bond acceptors (Lipinski definition) is 1. The molecule has 0 saturated heterocycles. The number of fused-ring (bicyclic) bond motifs is 1. The second-order valence-electron chi connectivity index (χ2n) is 5.18. The molecule has 0 saturated carbocycles. The number of aldehydes is 1. The van der Waals surface area contributed by atoms with Gasteiger partial charge in [-0.2, -0.15) is 0 Å². The molecule has 0 amide bonds. The van der Waals surface area contributed by atoms with Crippen LogP contribution in [0.25, 0.3) is 10.8 Å². The van der Waals surface area contributed by atoms with E-state index in [1.165, 1.54) is 11.1 Å². The van der Waals surface area contributed by atoms with Crippen molar-refractivity contribution in [1.29, 1.82) is 0 Å². The highest BCUT2D eigenvalue weighted by Crippen LogP contribution is 2.36. The van der Waals surface area contributed by atoms with Crippen LogP contribution in [0.15, 0.2) is 59.7 Å². The van der Waals surface area contributed by atoms with Crippen LogP contribution in [-0.4, -0.2) is 6.29 Å². The Morgan fingerprint density at radius 1 is 1.05 bits per heavy atom. The van der Waals surface area contributed by atoms with Gasteiger partial charge in [-0.15, -0.1) is 0 Å². The van der Waals surface area contributed by atoms with Crippen LogP contribution in [0.1, 0.15) is 35.7 Å². The number of rotatable bonds is 2. The lowest BCUT2D eigenvalue weighted by Crippen LogP contribution is -2.00. The van der Waals surface area contributed by atoms with Crippen molar-refractivity contribution >= 4 is 17.1 Å². The van der Waals surface area contributed by atoms with E-state index in [4.69, 9.17) is 0 Å². The summed E-state index contributed by atoms with van der Waals surface area (Å²) in [7, 11) is 0. The van der Waals surface area contributed by atoms with Gasteiger partial charge >= 0.3 is 0 Å². The Balaban J connectivity index is 2.25. The first-order chi connectivity index (χ1) is 9.20. The number of hydrogen-bond donors (Lipinski definition) is 0. The van der Waals surface area contributed by atoms with Gasteiger partial charge < -0.3 is 0 Å². The Kier molecular flexibility index (Phi) is 2.83. The van der Waals surface area contributed by atoms with Crippen LogP contribution >= 0.6 is 0 Å². The third-order valence-electron chi connectivity index (χ3n) is 3.83. The second kappa shape index (κ2) is 4.51. The molecule has 19 heavy (non-hydrogen) atoms. The maximum absolute atomic E-state index is 11.5. The van der Waals surface area contributed by atoms with E-state index in [-0.39, 0.29) is 5.92 Å². The number of benzene rings is 2. The largest absolute Gasteiger partial charge is 0.298 e. The fraction of sp³-hybridized carbons (Fsp3) is 0.167. The monoisotopic (exact) mass is 248 g/mol. The molecule has 0 bridgehead atoms. The van der Waals surface area contributed by atoms with E-state index in [2.05, 4.69) is 38.1 Å². The SMILES string of the molecule is CC1=CC(c2ccc3ccccc3c2C=O)C(C)=C1. The normalized spacial score (nSPS) is 18.3. The van der Waals surface area contributed by atoms with Gasteiger partial charge in [0.2, 0.25) is 0 Å².